The number of benzene rings is 1. The van der Waals surface area contributed by atoms with E-state index in [0.717, 1.165) is 5.56 Å². The van der Waals surface area contributed by atoms with Gasteiger partial charge in [0.05, 0.1) is 17.8 Å². The predicted octanol–water partition coefficient (Wildman–Crippen LogP) is 1.43. The van der Waals surface area contributed by atoms with E-state index in [9.17, 15) is 4.79 Å². The average Bonchev–Trinajstić information content (AvgIpc) is 2.73. The molecule has 0 aliphatic carbocycles. The topological polar surface area (TPSA) is 80.0 Å². The molecule has 0 saturated carbocycles. The summed E-state index contributed by atoms with van der Waals surface area (Å²) in [5.74, 6) is -0.327. The van der Waals surface area contributed by atoms with Crippen LogP contribution >= 0.6 is 0 Å². The second kappa shape index (κ2) is 4.87. The molecule has 0 aliphatic rings. The van der Waals surface area contributed by atoms with Crippen LogP contribution in [0.1, 0.15) is 21.7 Å². The van der Waals surface area contributed by atoms with Crippen LogP contribution in [0.15, 0.2) is 24.5 Å². The summed E-state index contributed by atoms with van der Waals surface area (Å²) >= 11 is 0. The highest BCUT2D eigenvalue weighted by Crippen LogP contribution is 2.20. The van der Waals surface area contributed by atoms with Crippen molar-refractivity contribution in [2.24, 2.45) is 7.05 Å². The molecule has 6 heteroatoms. The van der Waals surface area contributed by atoms with Gasteiger partial charge in [0.2, 0.25) is 0 Å². The van der Waals surface area contributed by atoms with E-state index in [2.05, 4.69) is 15.4 Å². The van der Waals surface area contributed by atoms with Gasteiger partial charge in [-0.2, -0.15) is 5.10 Å². The van der Waals surface area contributed by atoms with Gasteiger partial charge >= 0.3 is 5.97 Å². The van der Waals surface area contributed by atoms with Crippen LogP contribution in [0.5, 0.6) is 0 Å². The largest absolute Gasteiger partial charge is 0.478 e. The van der Waals surface area contributed by atoms with E-state index in [-0.39, 0.29) is 5.56 Å². The summed E-state index contributed by atoms with van der Waals surface area (Å²) in [5, 5.41) is 16.3. The summed E-state index contributed by atoms with van der Waals surface area (Å²) in [7, 11) is 1.78. The molecule has 1 aromatic heterocycles. The number of nitrogens with one attached hydrogen (secondary N) is 1. The van der Waals surface area contributed by atoms with Gasteiger partial charge in [-0.15, -0.1) is 0 Å². The van der Waals surface area contributed by atoms with E-state index in [1.165, 1.54) is 0 Å². The standard InChI is InChI=1S/C12H14N4O2/c1-8-4-3-5-9(12(17)18)11(8)13-6-10-14-7-16(2)15-10/h3-5,7,13H,6H2,1-2H3,(H,17,18). The highest BCUT2D eigenvalue weighted by molar-refractivity contribution is 5.95. The van der Waals surface area contributed by atoms with Crippen molar-refractivity contribution in [2.75, 3.05) is 5.32 Å². The van der Waals surface area contributed by atoms with Crippen LogP contribution in [0.25, 0.3) is 0 Å². The van der Waals surface area contributed by atoms with Gasteiger partial charge in [-0.1, -0.05) is 12.1 Å². The molecule has 0 unspecified atom stereocenters. The molecule has 0 saturated heterocycles. The van der Waals surface area contributed by atoms with E-state index >= 15 is 0 Å². The second-order valence-corrected chi connectivity index (χ2v) is 3.99. The number of hydrogen-bond acceptors (Lipinski definition) is 4. The molecule has 2 rings (SSSR count). The van der Waals surface area contributed by atoms with Gasteiger partial charge in [-0.3, -0.25) is 4.68 Å². The molecule has 0 atom stereocenters. The molecule has 6 nitrogen and oxygen atoms in total. The Morgan fingerprint density at radius 1 is 1.50 bits per heavy atom. The van der Waals surface area contributed by atoms with Crippen LogP contribution in [-0.2, 0) is 13.6 Å². The fourth-order valence-corrected chi connectivity index (χ4v) is 1.71. The lowest BCUT2D eigenvalue weighted by Crippen LogP contribution is -2.09. The number of carboxylic acid groups (broad SMARTS) is 1. The van der Waals surface area contributed by atoms with Crippen molar-refractivity contribution < 1.29 is 9.90 Å². The molecule has 0 spiro atoms. The summed E-state index contributed by atoms with van der Waals surface area (Å²) in [6.45, 7) is 2.26. The van der Waals surface area contributed by atoms with E-state index in [0.29, 0.717) is 18.1 Å². The fourth-order valence-electron chi connectivity index (χ4n) is 1.71. The Labute approximate surface area is 104 Å². The van der Waals surface area contributed by atoms with Gasteiger partial charge in [-0.25, -0.2) is 9.78 Å². The SMILES string of the molecule is Cc1cccc(C(=O)O)c1NCc1ncn(C)n1. The lowest BCUT2D eigenvalue weighted by molar-refractivity contribution is 0.0698. The minimum Gasteiger partial charge on any atom is -0.478 e. The molecular weight excluding hydrogens is 232 g/mol. The monoisotopic (exact) mass is 246 g/mol. The first kappa shape index (κ1) is 12.1. The van der Waals surface area contributed by atoms with Crippen molar-refractivity contribution in [3.63, 3.8) is 0 Å². The number of nitrogens with zero attached hydrogens (tertiary/aromatic N) is 3. The molecule has 0 bridgehead atoms. The summed E-state index contributed by atoms with van der Waals surface area (Å²) < 4.78 is 1.60. The summed E-state index contributed by atoms with van der Waals surface area (Å²) in [4.78, 5) is 15.2. The smallest absolute Gasteiger partial charge is 0.337 e. The van der Waals surface area contributed by atoms with E-state index in [1.54, 1.807) is 30.2 Å². The number of aromatic nitrogens is 3. The number of aryl methyl sites for hydroxylation is 2. The molecule has 1 heterocycles. The summed E-state index contributed by atoms with van der Waals surface area (Å²) in [6, 6.07) is 5.16. The third-order valence-electron chi connectivity index (χ3n) is 2.57. The van der Waals surface area contributed by atoms with E-state index in [4.69, 9.17) is 5.11 Å². The molecule has 2 aromatic rings. The van der Waals surface area contributed by atoms with Crippen LogP contribution < -0.4 is 5.32 Å². The summed E-state index contributed by atoms with van der Waals surface area (Å²) in [6.07, 6.45) is 1.60. The van der Waals surface area contributed by atoms with Crippen LogP contribution in [0.3, 0.4) is 0 Å². The Kier molecular flexibility index (Phi) is 3.27. The maximum absolute atomic E-state index is 11.1. The van der Waals surface area contributed by atoms with Crippen LogP contribution in [0.2, 0.25) is 0 Å². The first-order chi connectivity index (χ1) is 8.58. The number of para-hydroxylation sites is 1. The normalized spacial score (nSPS) is 10.3. The minimum absolute atomic E-state index is 0.255. The van der Waals surface area contributed by atoms with Crippen molar-refractivity contribution in [3.8, 4) is 0 Å². The maximum atomic E-state index is 11.1. The molecular formula is C12H14N4O2. The van der Waals surface area contributed by atoms with Crippen molar-refractivity contribution >= 4 is 11.7 Å². The zero-order valence-corrected chi connectivity index (χ0v) is 10.2. The van der Waals surface area contributed by atoms with Gasteiger partial charge in [0.15, 0.2) is 5.82 Å². The van der Waals surface area contributed by atoms with Crippen molar-refractivity contribution in [3.05, 3.63) is 41.5 Å². The first-order valence-corrected chi connectivity index (χ1v) is 5.49. The van der Waals surface area contributed by atoms with Crippen molar-refractivity contribution in [1.29, 1.82) is 0 Å². The average molecular weight is 246 g/mol. The second-order valence-electron chi connectivity index (χ2n) is 3.99. The number of aromatic carboxylic acids is 1. The lowest BCUT2D eigenvalue weighted by Gasteiger charge is -2.10. The van der Waals surface area contributed by atoms with Crippen LogP contribution in [-0.4, -0.2) is 25.8 Å². The number of anilines is 1. The Morgan fingerprint density at radius 2 is 2.28 bits per heavy atom. The predicted molar refractivity (Wildman–Crippen MR) is 66.5 cm³/mol. The Hall–Kier alpha value is -2.37. The highest BCUT2D eigenvalue weighted by atomic mass is 16.4. The number of carbonyl (C=O) groups is 1. The molecule has 0 radical (unpaired) electrons. The highest BCUT2D eigenvalue weighted by Gasteiger charge is 2.12. The zero-order chi connectivity index (χ0) is 13.1. The molecule has 0 aliphatic heterocycles. The number of rotatable bonds is 4. The van der Waals surface area contributed by atoms with E-state index in [1.807, 2.05) is 13.0 Å². The molecule has 94 valence electrons. The molecule has 0 fully saturated rings. The Balaban J connectivity index is 2.20. The minimum atomic E-state index is -0.949. The number of carboxylic acids is 1. The van der Waals surface area contributed by atoms with Gasteiger partial charge in [-0.05, 0) is 18.6 Å². The lowest BCUT2D eigenvalue weighted by atomic mass is 10.1. The molecule has 0 amide bonds. The summed E-state index contributed by atoms with van der Waals surface area (Å²) in [5.41, 5.74) is 1.74. The molecule has 1 aromatic carbocycles. The van der Waals surface area contributed by atoms with Gasteiger partial charge in [0.25, 0.3) is 0 Å². The van der Waals surface area contributed by atoms with E-state index < -0.39 is 5.97 Å². The Morgan fingerprint density at radius 3 is 2.89 bits per heavy atom. The Bertz CT molecular complexity index is 577. The van der Waals surface area contributed by atoms with Gasteiger partial charge in [0, 0.05) is 7.05 Å². The molecule has 2 N–H and O–H groups in total. The maximum Gasteiger partial charge on any atom is 0.337 e. The first-order valence-electron chi connectivity index (χ1n) is 5.49. The van der Waals surface area contributed by atoms with Gasteiger partial charge < -0.3 is 10.4 Å². The van der Waals surface area contributed by atoms with Crippen molar-refractivity contribution in [1.82, 2.24) is 14.8 Å². The van der Waals surface area contributed by atoms with Crippen molar-refractivity contribution in [2.45, 2.75) is 13.5 Å². The van der Waals surface area contributed by atoms with Gasteiger partial charge in [0.1, 0.15) is 6.33 Å². The van der Waals surface area contributed by atoms with Crippen LogP contribution in [0.4, 0.5) is 5.69 Å². The third-order valence-corrected chi connectivity index (χ3v) is 2.57. The fraction of sp³-hybridized carbons (Fsp3) is 0.250. The third kappa shape index (κ3) is 2.48. The quantitative estimate of drug-likeness (QED) is 0.853. The molecule has 18 heavy (non-hydrogen) atoms. The zero-order valence-electron chi connectivity index (χ0n) is 10.2. The number of hydrogen-bond donors (Lipinski definition) is 2. The van der Waals surface area contributed by atoms with Crippen LogP contribution in [0, 0.1) is 6.92 Å².